The highest BCUT2D eigenvalue weighted by Gasteiger charge is 2.48. The average molecular weight is 318 g/mol. The molecule has 2 rings (SSSR count). The number of alkyl halides is 3. The van der Waals surface area contributed by atoms with Crippen molar-refractivity contribution >= 4 is 17.7 Å². The minimum Gasteiger partial charge on any atom is -0.478 e. The molecule has 2 unspecified atom stereocenters. The van der Waals surface area contributed by atoms with E-state index in [9.17, 15) is 18.0 Å². The van der Waals surface area contributed by atoms with E-state index in [0.717, 1.165) is 5.57 Å². The van der Waals surface area contributed by atoms with E-state index >= 15 is 0 Å². The lowest BCUT2D eigenvalue weighted by Crippen LogP contribution is -2.35. The zero-order valence-corrected chi connectivity index (χ0v) is 12.8. The summed E-state index contributed by atoms with van der Waals surface area (Å²) in [6, 6.07) is 0. The van der Waals surface area contributed by atoms with Gasteiger partial charge in [-0.1, -0.05) is 44.6 Å². The van der Waals surface area contributed by atoms with Gasteiger partial charge in [-0.15, -0.1) is 11.8 Å². The van der Waals surface area contributed by atoms with Crippen LogP contribution in [0.4, 0.5) is 13.2 Å². The molecule has 0 saturated carbocycles. The molecular formula is C15H17F3O2S. The molecule has 0 spiro atoms. The Hall–Kier alpha value is -1.17. The van der Waals surface area contributed by atoms with Gasteiger partial charge in [0, 0.05) is 5.92 Å². The number of allylic oxidation sites excluding steroid dienone is 5. The fourth-order valence-electron chi connectivity index (χ4n) is 2.47. The Morgan fingerprint density at radius 2 is 1.90 bits per heavy atom. The second-order valence-corrected chi connectivity index (χ2v) is 7.47. The molecule has 2 nitrogen and oxygen atoms in total. The number of thioether (sulfide) groups is 1. The van der Waals surface area contributed by atoms with Gasteiger partial charge in [-0.25, -0.2) is 4.79 Å². The molecule has 1 heterocycles. The largest absolute Gasteiger partial charge is 0.478 e. The summed E-state index contributed by atoms with van der Waals surface area (Å²) in [5, 5.41) is 7.09. The molecule has 0 amide bonds. The Morgan fingerprint density at radius 3 is 2.38 bits per heavy atom. The first-order chi connectivity index (χ1) is 9.50. The molecule has 1 aliphatic carbocycles. The van der Waals surface area contributed by atoms with E-state index in [0.29, 0.717) is 23.1 Å². The smallest absolute Gasteiger partial charge is 0.405 e. The number of hydrogen-bond acceptors (Lipinski definition) is 2. The summed E-state index contributed by atoms with van der Waals surface area (Å²) in [6.07, 6.45) is 0.860. The second kappa shape index (κ2) is 5.23. The van der Waals surface area contributed by atoms with Crippen LogP contribution in [0.1, 0.15) is 27.2 Å². The first-order valence-electron chi connectivity index (χ1n) is 6.60. The highest BCUT2D eigenvalue weighted by molar-refractivity contribution is 8.04. The van der Waals surface area contributed by atoms with Crippen molar-refractivity contribution in [3.63, 3.8) is 0 Å². The van der Waals surface area contributed by atoms with Crippen LogP contribution in [0.15, 0.2) is 34.3 Å². The van der Waals surface area contributed by atoms with Gasteiger partial charge in [-0.3, -0.25) is 0 Å². The molecule has 0 fully saturated rings. The predicted octanol–water partition coefficient (Wildman–Crippen LogP) is 4.55. The molecule has 0 bridgehead atoms. The van der Waals surface area contributed by atoms with Crippen LogP contribution in [0.5, 0.6) is 0 Å². The number of halogens is 3. The molecular weight excluding hydrogens is 301 g/mol. The number of aliphatic carboxylic acids is 1. The highest BCUT2D eigenvalue weighted by atomic mass is 32.2. The normalized spacial score (nSPS) is 26.5. The number of carbonyl (C=O) groups is 1. The zero-order chi connectivity index (χ0) is 16.0. The molecule has 0 aromatic carbocycles. The third-order valence-corrected chi connectivity index (χ3v) is 5.15. The lowest BCUT2D eigenvalue weighted by atomic mass is 9.78. The van der Waals surface area contributed by atoms with Gasteiger partial charge >= 0.3 is 12.1 Å². The second-order valence-electron chi connectivity index (χ2n) is 6.29. The van der Waals surface area contributed by atoms with Gasteiger partial charge in [0.05, 0.1) is 5.57 Å². The molecule has 2 aliphatic rings. The van der Waals surface area contributed by atoms with Crippen molar-refractivity contribution < 1.29 is 23.1 Å². The molecule has 2 atom stereocenters. The van der Waals surface area contributed by atoms with Crippen LogP contribution in [0, 0.1) is 11.3 Å². The predicted molar refractivity (Wildman–Crippen MR) is 76.9 cm³/mol. The van der Waals surface area contributed by atoms with Crippen molar-refractivity contribution in [2.75, 3.05) is 0 Å². The van der Waals surface area contributed by atoms with Gasteiger partial charge in [-0.05, 0) is 16.7 Å². The summed E-state index contributed by atoms with van der Waals surface area (Å²) < 4.78 is 39.0. The van der Waals surface area contributed by atoms with Crippen LogP contribution in [-0.2, 0) is 4.79 Å². The van der Waals surface area contributed by atoms with Crippen LogP contribution in [0.25, 0.3) is 0 Å². The summed E-state index contributed by atoms with van der Waals surface area (Å²) in [5.74, 6) is -1.75. The quantitative estimate of drug-likeness (QED) is 0.770. The lowest BCUT2D eigenvalue weighted by molar-refractivity contribution is -0.140. The molecule has 1 N–H and O–H groups in total. The Labute approximate surface area is 125 Å². The molecule has 0 radical (unpaired) electrons. The summed E-state index contributed by atoms with van der Waals surface area (Å²) in [5.41, 5.74) is 0.484. The molecule has 6 heteroatoms. The van der Waals surface area contributed by atoms with Crippen LogP contribution in [0.2, 0.25) is 0 Å². The molecule has 1 aliphatic heterocycles. The summed E-state index contributed by atoms with van der Waals surface area (Å²) in [7, 11) is 0. The van der Waals surface area contributed by atoms with Crippen LogP contribution in [0.3, 0.4) is 0 Å². The molecule has 0 saturated heterocycles. The Morgan fingerprint density at radius 1 is 1.29 bits per heavy atom. The van der Waals surface area contributed by atoms with Crippen molar-refractivity contribution in [2.24, 2.45) is 11.3 Å². The minimum atomic E-state index is -4.56. The summed E-state index contributed by atoms with van der Waals surface area (Å²) in [6.45, 7) is 6.11. The first kappa shape index (κ1) is 16.2. The van der Waals surface area contributed by atoms with Crippen molar-refractivity contribution in [3.8, 4) is 0 Å². The lowest BCUT2D eigenvalue weighted by Gasteiger charge is -2.35. The molecule has 21 heavy (non-hydrogen) atoms. The molecule has 0 aromatic rings. The third-order valence-electron chi connectivity index (χ3n) is 3.68. The zero-order valence-electron chi connectivity index (χ0n) is 12.0. The van der Waals surface area contributed by atoms with E-state index in [2.05, 4.69) is 0 Å². The van der Waals surface area contributed by atoms with Crippen LogP contribution >= 0.6 is 11.8 Å². The number of hydrogen-bond donors (Lipinski definition) is 1. The fraction of sp³-hybridized carbons (Fsp3) is 0.533. The van der Waals surface area contributed by atoms with E-state index < -0.39 is 23.0 Å². The van der Waals surface area contributed by atoms with Crippen molar-refractivity contribution in [1.29, 1.82) is 0 Å². The van der Waals surface area contributed by atoms with Gasteiger partial charge in [0.15, 0.2) is 0 Å². The molecule has 116 valence electrons. The van der Waals surface area contributed by atoms with Crippen molar-refractivity contribution in [2.45, 2.75) is 38.6 Å². The minimum absolute atomic E-state index is 0.0786. The van der Waals surface area contributed by atoms with Gasteiger partial charge in [0.2, 0.25) is 0 Å². The number of rotatable bonds is 1. The number of carboxylic acids is 1. The summed E-state index contributed by atoms with van der Waals surface area (Å²) in [4.78, 5) is 11.7. The average Bonchev–Trinajstić information content (AvgIpc) is 2.34. The van der Waals surface area contributed by atoms with Crippen LogP contribution in [-0.4, -0.2) is 22.5 Å². The number of carboxylic acid groups (broad SMARTS) is 1. The topological polar surface area (TPSA) is 37.3 Å². The van der Waals surface area contributed by atoms with Crippen LogP contribution < -0.4 is 0 Å². The summed E-state index contributed by atoms with van der Waals surface area (Å²) >= 11 is 0.614. The van der Waals surface area contributed by atoms with E-state index in [4.69, 9.17) is 5.11 Å². The SMILES string of the molecule is CC(C)(C)C1=CC=C2SC(C(F)(F)F)C(C(=O)O)=CC2C1. The van der Waals surface area contributed by atoms with E-state index in [1.807, 2.05) is 26.8 Å². The maximum absolute atomic E-state index is 13.0. The monoisotopic (exact) mass is 318 g/mol. The molecule has 0 aromatic heterocycles. The highest BCUT2D eigenvalue weighted by Crippen LogP contribution is 2.50. The van der Waals surface area contributed by atoms with Gasteiger partial charge in [-0.2, -0.15) is 13.2 Å². The first-order valence-corrected chi connectivity index (χ1v) is 7.47. The Balaban J connectivity index is 2.40. The van der Waals surface area contributed by atoms with Gasteiger partial charge < -0.3 is 5.11 Å². The maximum Gasteiger partial charge on any atom is 0.405 e. The van der Waals surface area contributed by atoms with E-state index in [1.165, 1.54) is 6.08 Å². The fourth-order valence-corrected chi connectivity index (χ4v) is 3.65. The standard InChI is InChI=1S/C15H17F3O2S/c1-14(2,3)9-4-5-11-8(6-9)7-10(13(19)20)12(21-11)15(16,17)18/h4-5,7-8,12H,6H2,1-3H3,(H,19,20). The van der Waals surface area contributed by atoms with E-state index in [-0.39, 0.29) is 11.3 Å². The van der Waals surface area contributed by atoms with Gasteiger partial charge in [0.25, 0.3) is 0 Å². The third kappa shape index (κ3) is 3.36. The Kier molecular flexibility index (Phi) is 4.04. The van der Waals surface area contributed by atoms with Crippen molar-refractivity contribution in [1.82, 2.24) is 0 Å². The van der Waals surface area contributed by atoms with E-state index in [1.54, 1.807) is 6.08 Å². The van der Waals surface area contributed by atoms with Crippen molar-refractivity contribution in [3.05, 3.63) is 34.3 Å². The Bertz CT molecular complexity index is 550. The van der Waals surface area contributed by atoms with Gasteiger partial charge in [0.1, 0.15) is 5.25 Å². The maximum atomic E-state index is 13.0. The number of fused-ring (bicyclic) bond motifs is 1.